The van der Waals surface area contributed by atoms with Crippen molar-refractivity contribution in [1.29, 1.82) is 0 Å². The van der Waals surface area contributed by atoms with Gasteiger partial charge in [-0.25, -0.2) is 0 Å². The van der Waals surface area contributed by atoms with E-state index in [-0.39, 0.29) is 12.5 Å². The number of likely N-dealkylation sites (tertiary alicyclic amines) is 2. The fourth-order valence-corrected chi connectivity index (χ4v) is 4.62. The van der Waals surface area contributed by atoms with Gasteiger partial charge in [0.2, 0.25) is 5.91 Å². The molecule has 1 unspecified atom stereocenters. The average molecular weight is 471 g/mol. The molecule has 0 aromatic carbocycles. The number of unbranched alkanes of at least 4 members (excludes halogenated alkanes) is 3. The number of aliphatic hydroxyl groups excluding tert-OH is 1. The molecule has 2 fully saturated rings. The summed E-state index contributed by atoms with van der Waals surface area (Å²) in [6.45, 7) is 11.2. The largest absolute Gasteiger partial charge is 0.377 e. The van der Waals surface area contributed by atoms with Gasteiger partial charge in [-0.1, -0.05) is 6.92 Å². The zero-order valence-electron chi connectivity index (χ0n) is 21.2. The number of amides is 1. The van der Waals surface area contributed by atoms with Crippen molar-refractivity contribution in [1.82, 2.24) is 20.4 Å². The first kappa shape index (κ1) is 28.5. The number of nitrogens with zero attached hydrogens (tertiary/aromatic N) is 2. The minimum absolute atomic E-state index is 0.0684. The molecule has 2 saturated heterocycles. The third-order valence-electron chi connectivity index (χ3n) is 6.96. The number of hydrogen-bond acceptors (Lipinski definition) is 7. The summed E-state index contributed by atoms with van der Waals surface area (Å²) in [6.07, 6.45) is 9.78. The van der Waals surface area contributed by atoms with E-state index in [4.69, 9.17) is 9.47 Å². The second kappa shape index (κ2) is 17.6. The highest BCUT2D eigenvalue weighted by molar-refractivity contribution is 5.76. The predicted molar refractivity (Wildman–Crippen MR) is 132 cm³/mol. The van der Waals surface area contributed by atoms with Gasteiger partial charge in [0.05, 0.1) is 6.61 Å². The molecule has 1 amide bonds. The van der Waals surface area contributed by atoms with Gasteiger partial charge in [-0.3, -0.25) is 10.1 Å². The Balaban J connectivity index is 1.37. The lowest BCUT2D eigenvalue weighted by Gasteiger charge is -2.33. The fourth-order valence-electron chi connectivity index (χ4n) is 4.62. The standard InChI is InChI=1S/C25H50N4O4/c1-22-8-14-28(15-9-22)13-5-7-19-33-21-25(31)27-23-10-16-29(17-11-23)12-4-3-6-18-32-20-24(30)26-2/h22-23,25,27,31H,3-21H2,1-2H3,(H,26,30). The summed E-state index contributed by atoms with van der Waals surface area (Å²) in [5, 5.41) is 16.1. The van der Waals surface area contributed by atoms with Crippen LogP contribution in [0.4, 0.5) is 0 Å². The topological polar surface area (TPSA) is 86.3 Å². The van der Waals surface area contributed by atoms with Crippen molar-refractivity contribution in [2.45, 2.75) is 77.0 Å². The summed E-state index contributed by atoms with van der Waals surface area (Å²) in [5.41, 5.74) is 0. The van der Waals surface area contributed by atoms with Crippen LogP contribution in [0.25, 0.3) is 0 Å². The lowest BCUT2D eigenvalue weighted by atomic mass is 9.99. The molecule has 2 aliphatic rings. The Labute approximate surface area is 201 Å². The Morgan fingerprint density at radius 3 is 2.15 bits per heavy atom. The van der Waals surface area contributed by atoms with Crippen molar-refractivity contribution in [3.8, 4) is 0 Å². The van der Waals surface area contributed by atoms with Crippen molar-refractivity contribution in [3.63, 3.8) is 0 Å². The van der Waals surface area contributed by atoms with Gasteiger partial charge in [-0.15, -0.1) is 0 Å². The van der Waals surface area contributed by atoms with Crippen LogP contribution in [-0.2, 0) is 14.3 Å². The maximum Gasteiger partial charge on any atom is 0.245 e. The number of rotatable bonds is 17. The number of piperidine rings is 2. The van der Waals surface area contributed by atoms with Crippen molar-refractivity contribution in [2.24, 2.45) is 5.92 Å². The van der Waals surface area contributed by atoms with Gasteiger partial charge in [-0.05, 0) is 103 Å². The van der Waals surface area contributed by atoms with Crippen LogP contribution in [0.3, 0.4) is 0 Å². The van der Waals surface area contributed by atoms with Crippen LogP contribution in [-0.4, -0.2) is 106 Å². The molecule has 0 spiro atoms. The van der Waals surface area contributed by atoms with E-state index in [9.17, 15) is 9.90 Å². The van der Waals surface area contributed by atoms with Crippen molar-refractivity contribution >= 4 is 5.91 Å². The van der Waals surface area contributed by atoms with Crippen molar-refractivity contribution in [2.75, 3.05) is 72.7 Å². The molecule has 2 rings (SSSR count). The summed E-state index contributed by atoms with van der Waals surface area (Å²) in [4.78, 5) is 16.2. The van der Waals surface area contributed by atoms with Crippen LogP contribution in [0, 0.1) is 5.92 Å². The van der Waals surface area contributed by atoms with Crippen molar-refractivity contribution < 1.29 is 19.4 Å². The molecule has 33 heavy (non-hydrogen) atoms. The van der Waals surface area contributed by atoms with Crippen LogP contribution in [0.1, 0.15) is 64.7 Å². The molecule has 0 aromatic heterocycles. The van der Waals surface area contributed by atoms with E-state index in [1.54, 1.807) is 7.05 Å². The van der Waals surface area contributed by atoms with E-state index in [1.165, 1.54) is 38.9 Å². The molecule has 0 bridgehead atoms. The average Bonchev–Trinajstić information content (AvgIpc) is 2.82. The predicted octanol–water partition coefficient (Wildman–Crippen LogP) is 1.82. The minimum atomic E-state index is -0.570. The van der Waals surface area contributed by atoms with Crippen molar-refractivity contribution in [3.05, 3.63) is 0 Å². The van der Waals surface area contributed by atoms with E-state index < -0.39 is 6.23 Å². The Morgan fingerprint density at radius 1 is 0.909 bits per heavy atom. The Hall–Kier alpha value is -0.770. The van der Waals surface area contributed by atoms with E-state index >= 15 is 0 Å². The van der Waals surface area contributed by atoms with Crippen LogP contribution in [0.15, 0.2) is 0 Å². The second-order valence-corrected chi connectivity index (χ2v) is 9.89. The molecule has 1 atom stereocenters. The molecule has 0 aliphatic carbocycles. The van der Waals surface area contributed by atoms with E-state index in [0.29, 0.717) is 19.3 Å². The molecule has 194 valence electrons. The second-order valence-electron chi connectivity index (χ2n) is 9.89. The zero-order chi connectivity index (χ0) is 23.7. The van der Waals surface area contributed by atoms with Gasteiger partial charge in [-0.2, -0.15) is 0 Å². The third kappa shape index (κ3) is 13.6. The number of likely N-dealkylation sites (N-methyl/N-ethyl adjacent to an activating group) is 1. The molecule has 2 aliphatic heterocycles. The molecular weight excluding hydrogens is 420 g/mol. The number of hydrogen-bond donors (Lipinski definition) is 3. The summed E-state index contributed by atoms with van der Waals surface area (Å²) < 4.78 is 11.0. The van der Waals surface area contributed by atoms with Crippen LogP contribution >= 0.6 is 0 Å². The maximum absolute atomic E-state index is 11.1. The first-order valence-corrected chi connectivity index (χ1v) is 13.3. The van der Waals surface area contributed by atoms with Gasteiger partial charge in [0.15, 0.2) is 0 Å². The maximum atomic E-state index is 11.1. The molecule has 0 saturated carbocycles. The van der Waals surface area contributed by atoms with Gasteiger partial charge >= 0.3 is 0 Å². The zero-order valence-corrected chi connectivity index (χ0v) is 21.2. The van der Waals surface area contributed by atoms with E-state index in [2.05, 4.69) is 27.4 Å². The van der Waals surface area contributed by atoms with Gasteiger partial charge in [0.1, 0.15) is 12.8 Å². The van der Waals surface area contributed by atoms with E-state index in [0.717, 1.165) is 70.7 Å². The summed E-state index contributed by atoms with van der Waals surface area (Å²) >= 11 is 0. The molecule has 0 radical (unpaired) electrons. The highest BCUT2D eigenvalue weighted by atomic mass is 16.5. The SMILES string of the molecule is CNC(=O)COCCCCCN1CCC(NC(O)COCCCCN2CCC(C)CC2)CC1. The van der Waals surface area contributed by atoms with Gasteiger partial charge < -0.3 is 29.7 Å². The molecule has 2 heterocycles. The summed E-state index contributed by atoms with van der Waals surface area (Å²) in [7, 11) is 1.62. The summed E-state index contributed by atoms with van der Waals surface area (Å²) in [5.74, 6) is 0.825. The quantitative estimate of drug-likeness (QED) is 0.221. The number of carbonyl (C=O) groups excluding carboxylic acids is 1. The van der Waals surface area contributed by atoms with E-state index in [1.807, 2.05) is 0 Å². The highest BCUT2D eigenvalue weighted by Gasteiger charge is 2.20. The number of nitrogens with one attached hydrogen (secondary N) is 2. The molecule has 8 nitrogen and oxygen atoms in total. The Kier molecular flexibility index (Phi) is 15.2. The minimum Gasteiger partial charge on any atom is -0.377 e. The lowest BCUT2D eigenvalue weighted by molar-refractivity contribution is -0.125. The molecular formula is C25H50N4O4. The smallest absolute Gasteiger partial charge is 0.245 e. The fraction of sp³-hybridized carbons (Fsp3) is 0.960. The highest BCUT2D eigenvalue weighted by Crippen LogP contribution is 2.16. The number of aliphatic hydroxyl groups is 1. The first-order chi connectivity index (χ1) is 16.1. The Bertz CT molecular complexity index is 495. The van der Waals surface area contributed by atoms with Gasteiger partial charge in [0, 0.05) is 26.3 Å². The Morgan fingerprint density at radius 2 is 1.48 bits per heavy atom. The lowest BCUT2D eigenvalue weighted by Crippen LogP contribution is -2.47. The number of ether oxygens (including phenoxy) is 2. The summed E-state index contributed by atoms with van der Waals surface area (Å²) in [6, 6.07) is 0.374. The van der Waals surface area contributed by atoms with Crippen LogP contribution in [0.2, 0.25) is 0 Å². The normalized spacial score (nSPS) is 20.2. The first-order valence-electron chi connectivity index (χ1n) is 13.3. The van der Waals surface area contributed by atoms with Gasteiger partial charge in [0.25, 0.3) is 0 Å². The third-order valence-corrected chi connectivity index (χ3v) is 6.96. The number of carbonyl (C=O) groups is 1. The van der Waals surface area contributed by atoms with Crippen LogP contribution < -0.4 is 10.6 Å². The molecule has 8 heteroatoms. The van der Waals surface area contributed by atoms with Crippen LogP contribution in [0.5, 0.6) is 0 Å². The molecule has 0 aromatic rings. The monoisotopic (exact) mass is 470 g/mol. The molecule has 3 N–H and O–H groups in total.